The molecule has 0 fully saturated rings. The van der Waals surface area contributed by atoms with E-state index in [0.29, 0.717) is 11.6 Å². The van der Waals surface area contributed by atoms with Gasteiger partial charge in [-0.25, -0.2) is 8.78 Å². The lowest BCUT2D eigenvalue weighted by Crippen LogP contribution is -2.14. The van der Waals surface area contributed by atoms with Crippen LogP contribution >= 0.6 is 0 Å². The van der Waals surface area contributed by atoms with E-state index >= 15 is 0 Å². The van der Waals surface area contributed by atoms with E-state index in [4.69, 9.17) is 5.73 Å². The monoisotopic (exact) mass is 262 g/mol. The highest BCUT2D eigenvalue weighted by Gasteiger charge is 2.13. The Balaban J connectivity index is 2.29. The number of carbonyl (C=O) groups excluding carboxylic acids is 1. The molecule has 5 heteroatoms. The van der Waals surface area contributed by atoms with Crippen LogP contribution in [0.3, 0.4) is 0 Å². The Morgan fingerprint density at radius 2 is 1.95 bits per heavy atom. The van der Waals surface area contributed by atoms with Crippen LogP contribution in [-0.2, 0) is 0 Å². The highest BCUT2D eigenvalue weighted by molar-refractivity contribution is 6.05. The lowest BCUT2D eigenvalue weighted by molar-refractivity contribution is 0.102. The second kappa shape index (κ2) is 5.06. The number of aryl methyl sites for hydroxylation is 1. The number of halogens is 2. The van der Waals surface area contributed by atoms with Crippen molar-refractivity contribution in [2.45, 2.75) is 6.92 Å². The predicted molar refractivity (Wildman–Crippen MR) is 69.9 cm³/mol. The van der Waals surface area contributed by atoms with Crippen LogP contribution in [-0.4, -0.2) is 5.91 Å². The first kappa shape index (κ1) is 13.0. The average Bonchev–Trinajstić information content (AvgIpc) is 2.33. The molecule has 0 bridgehead atoms. The molecule has 0 heterocycles. The van der Waals surface area contributed by atoms with Gasteiger partial charge in [0.2, 0.25) is 0 Å². The standard InChI is InChI=1S/C14H12F2N2O/c1-8-3-2-4-9(5-8)14(19)18-13-11(16)6-10(15)7-12(13)17/h2-7H,17H2,1H3,(H,18,19). The fraction of sp³-hybridized carbons (Fsp3) is 0.0714. The van der Waals surface area contributed by atoms with Gasteiger partial charge in [0.05, 0.1) is 5.69 Å². The Morgan fingerprint density at radius 3 is 2.58 bits per heavy atom. The minimum atomic E-state index is -0.904. The van der Waals surface area contributed by atoms with Crippen molar-refractivity contribution in [3.63, 3.8) is 0 Å². The van der Waals surface area contributed by atoms with E-state index in [1.54, 1.807) is 18.2 Å². The first-order valence-corrected chi connectivity index (χ1v) is 5.60. The quantitative estimate of drug-likeness (QED) is 0.817. The molecule has 0 saturated carbocycles. The Labute approximate surface area is 109 Å². The number of carbonyl (C=O) groups is 1. The van der Waals surface area contributed by atoms with E-state index in [9.17, 15) is 13.6 Å². The normalized spacial score (nSPS) is 10.3. The number of nitrogen functional groups attached to an aromatic ring is 1. The molecule has 2 rings (SSSR count). The van der Waals surface area contributed by atoms with Gasteiger partial charge < -0.3 is 11.1 Å². The number of benzene rings is 2. The molecule has 0 aliphatic heterocycles. The summed E-state index contributed by atoms with van der Waals surface area (Å²) in [5.74, 6) is -2.19. The summed E-state index contributed by atoms with van der Waals surface area (Å²) in [6, 6.07) is 8.43. The first-order chi connectivity index (χ1) is 8.97. The highest BCUT2D eigenvalue weighted by Crippen LogP contribution is 2.24. The lowest BCUT2D eigenvalue weighted by Gasteiger charge is -2.09. The maximum absolute atomic E-state index is 13.5. The number of rotatable bonds is 2. The van der Waals surface area contributed by atoms with Gasteiger partial charge in [0.15, 0.2) is 5.82 Å². The van der Waals surface area contributed by atoms with Crippen LogP contribution in [0.2, 0.25) is 0 Å². The summed E-state index contributed by atoms with van der Waals surface area (Å²) in [4.78, 5) is 11.9. The van der Waals surface area contributed by atoms with Crippen LogP contribution in [0.4, 0.5) is 20.2 Å². The summed E-state index contributed by atoms with van der Waals surface area (Å²) in [5, 5.41) is 2.34. The number of hydrogen-bond donors (Lipinski definition) is 2. The van der Waals surface area contributed by atoms with E-state index in [-0.39, 0.29) is 11.4 Å². The maximum Gasteiger partial charge on any atom is 0.255 e. The molecule has 2 aromatic carbocycles. The summed E-state index contributed by atoms with van der Waals surface area (Å²) in [6.07, 6.45) is 0. The van der Waals surface area contributed by atoms with Gasteiger partial charge in [-0.2, -0.15) is 0 Å². The van der Waals surface area contributed by atoms with Gasteiger partial charge in [-0.1, -0.05) is 17.7 Å². The van der Waals surface area contributed by atoms with E-state index in [0.717, 1.165) is 11.6 Å². The first-order valence-electron chi connectivity index (χ1n) is 5.60. The summed E-state index contributed by atoms with van der Waals surface area (Å²) in [6.45, 7) is 1.84. The third kappa shape index (κ3) is 2.88. The molecule has 0 aromatic heterocycles. The second-order valence-electron chi connectivity index (χ2n) is 4.18. The predicted octanol–water partition coefficient (Wildman–Crippen LogP) is 3.11. The van der Waals surface area contributed by atoms with Gasteiger partial charge >= 0.3 is 0 Å². The maximum atomic E-state index is 13.5. The number of nitrogens with one attached hydrogen (secondary N) is 1. The molecule has 98 valence electrons. The molecule has 0 saturated heterocycles. The van der Waals surface area contributed by atoms with Crippen LogP contribution in [0.25, 0.3) is 0 Å². The number of amides is 1. The summed E-state index contributed by atoms with van der Waals surface area (Å²) in [5.41, 5.74) is 6.40. The van der Waals surface area contributed by atoms with Gasteiger partial charge in [0.25, 0.3) is 5.91 Å². The van der Waals surface area contributed by atoms with Crippen molar-refractivity contribution in [3.05, 3.63) is 59.2 Å². The van der Waals surface area contributed by atoms with Crippen LogP contribution < -0.4 is 11.1 Å². The number of anilines is 2. The molecule has 0 aliphatic carbocycles. The number of hydrogen-bond acceptors (Lipinski definition) is 2. The molecular weight excluding hydrogens is 250 g/mol. The Kier molecular flexibility index (Phi) is 3.46. The topological polar surface area (TPSA) is 55.1 Å². The minimum Gasteiger partial charge on any atom is -0.397 e. The van der Waals surface area contributed by atoms with Crippen molar-refractivity contribution in [2.24, 2.45) is 0 Å². The van der Waals surface area contributed by atoms with Gasteiger partial charge in [-0.15, -0.1) is 0 Å². The molecule has 1 amide bonds. The van der Waals surface area contributed by atoms with Crippen LogP contribution in [0, 0.1) is 18.6 Å². The molecule has 0 radical (unpaired) electrons. The molecular formula is C14H12F2N2O. The van der Waals surface area contributed by atoms with Crippen molar-refractivity contribution in [1.82, 2.24) is 0 Å². The smallest absolute Gasteiger partial charge is 0.255 e. The number of nitrogens with two attached hydrogens (primary N) is 1. The fourth-order valence-corrected chi connectivity index (χ4v) is 1.70. The summed E-state index contributed by atoms with van der Waals surface area (Å²) in [7, 11) is 0. The summed E-state index contributed by atoms with van der Waals surface area (Å²) < 4.78 is 26.4. The van der Waals surface area contributed by atoms with Crippen molar-refractivity contribution in [2.75, 3.05) is 11.1 Å². The molecule has 0 spiro atoms. The molecule has 19 heavy (non-hydrogen) atoms. The van der Waals surface area contributed by atoms with Crippen molar-refractivity contribution in [3.8, 4) is 0 Å². The zero-order valence-corrected chi connectivity index (χ0v) is 10.2. The van der Waals surface area contributed by atoms with E-state index in [2.05, 4.69) is 5.32 Å². The third-order valence-corrected chi connectivity index (χ3v) is 2.60. The van der Waals surface area contributed by atoms with Crippen LogP contribution in [0.5, 0.6) is 0 Å². The molecule has 3 N–H and O–H groups in total. The largest absolute Gasteiger partial charge is 0.397 e. The second-order valence-corrected chi connectivity index (χ2v) is 4.18. The van der Waals surface area contributed by atoms with Crippen molar-refractivity contribution in [1.29, 1.82) is 0 Å². The third-order valence-electron chi connectivity index (χ3n) is 2.60. The zero-order chi connectivity index (χ0) is 14.0. The van der Waals surface area contributed by atoms with Crippen LogP contribution in [0.1, 0.15) is 15.9 Å². The Bertz CT molecular complexity index is 618. The average molecular weight is 262 g/mol. The van der Waals surface area contributed by atoms with Gasteiger partial charge in [-0.3, -0.25) is 4.79 Å². The van der Waals surface area contributed by atoms with Gasteiger partial charge in [0.1, 0.15) is 11.5 Å². The summed E-state index contributed by atoms with van der Waals surface area (Å²) >= 11 is 0. The van der Waals surface area contributed by atoms with E-state index < -0.39 is 17.5 Å². The minimum absolute atomic E-state index is 0.154. The van der Waals surface area contributed by atoms with Crippen molar-refractivity contribution >= 4 is 17.3 Å². The molecule has 2 aromatic rings. The Hall–Kier alpha value is -2.43. The molecule has 0 unspecified atom stereocenters. The Morgan fingerprint density at radius 1 is 1.21 bits per heavy atom. The van der Waals surface area contributed by atoms with E-state index in [1.165, 1.54) is 0 Å². The van der Waals surface area contributed by atoms with Crippen LogP contribution in [0.15, 0.2) is 36.4 Å². The zero-order valence-electron chi connectivity index (χ0n) is 10.2. The van der Waals surface area contributed by atoms with E-state index in [1.807, 2.05) is 13.0 Å². The van der Waals surface area contributed by atoms with Crippen molar-refractivity contribution < 1.29 is 13.6 Å². The SMILES string of the molecule is Cc1cccc(C(=O)Nc2c(N)cc(F)cc2F)c1. The lowest BCUT2D eigenvalue weighted by atomic mass is 10.1. The van der Waals surface area contributed by atoms with Gasteiger partial charge in [-0.05, 0) is 25.1 Å². The molecule has 0 aliphatic rings. The highest BCUT2D eigenvalue weighted by atomic mass is 19.1. The fourth-order valence-electron chi connectivity index (χ4n) is 1.70. The molecule has 0 atom stereocenters. The molecule has 3 nitrogen and oxygen atoms in total. The van der Waals surface area contributed by atoms with Gasteiger partial charge in [0, 0.05) is 11.6 Å².